The summed E-state index contributed by atoms with van der Waals surface area (Å²) in [7, 11) is 3.13. The van der Waals surface area contributed by atoms with Crippen molar-refractivity contribution >= 4 is 39.5 Å². The number of hydrogen-bond donors (Lipinski definition) is 1. The van der Waals surface area contributed by atoms with E-state index in [-0.39, 0.29) is 12.3 Å². The van der Waals surface area contributed by atoms with E-state index in [9.17, 15) is 4.79 Å². The normalized spacial score (nSPS) is 10.9. The number of halogens is 1. The Morgan fingerprint density at radius 1 is 1.17 bits per heavy atom. The number of methoxy groups -OCH3 is 2. The van der Waals surface area contributed by atoms with E-state index in [0.29, 0.717) is 22.2 Å². The highest BCUT2D eigenvalue weighted by molar-refractivity contribution is 7.15. The highest BCUT2D eigenvalue weighted by Gasteiger charge is 2.14. The number of ether oxygens (including phenoxy) is 2. The zero-order chi connectivity index (χ0) is 20.4. The summed E-state index contributed by atoms with van der Waals surface area (Å²) in [6.45, 7) is 0. The fourth-order valence-electron chi connectivity index (χ4n) is 2.98. The molecular formula is C21H18ClN3O3S. The highest BCUT2D eigenvalue weighted by Crippen LogP contribution is 2.29. The molecule has 0 unspecified atom stereocenters. The first kappa shape index (κ1) is 19.3. The van der Waals surface area contributed by atoms with Gasteiger partial charge >= 0.3 is 0 Å². The molecule has 4 aromatic rings. The van der Waals surface area contributed by atoms with Crippen LogP contribution in [-0.4, -0.2) is 29.5 Å². The van der Waals surface area contributed by atoms with Crippen molar-refractivity contribution in [2.45, 2.75) is 6.42 Å². The second-order valence-corrected chi connectivity index (χ2v) is 7.58. The van der Waals surface area contributed by atoms with Crippen molar-refractivity contribution in [3.8, 4) is 22.8 Å². The molecule has 2 aromatic heterocycles. The van der Waals surface area contributed by atoms with E-state index in [1.165, 1.54) is 11.3 Å². The third-order valence-corrected chi connectivity index (χ3v) is 5.59. The van der Waals surface area contributed by atoms with Gasteiger partial charge in [0, 0.05) is 33.9 Å². The summed E-state index contributed by atoms with van der Waals surface area (Å²) in [5.74, 6) is 1.06. The summed E-state index contributed by atoms with van der Waals surface area (Å²) < 4.78 is 12.5. The fraction of sp³-hybridized carbons (Fsp3) is 0.143. The van der Waals surface area contributed by atoms with E-state index >= 15 is 0 Å². The van der Waals surface area contributed by atoms with Crippen LogP contribution in [0.5, 0.6) is 11.5 Å². The first-order valence-electron chi connectivity index (χ1n) is 8.80. The van der Waals surface area contributed by atoms with Crippen LogP contribution in [0.25, 0.3) is 16.2 Å². The van der Waals surface area contributed by atoms with Gasteiger partial charge in [-0.2, -0.15) is 0 Å². The minimum atomic E-state index is -0.144. The van der Waals surface area contributed by atoms with Crippen molar-refractivity contribution in [2.24, 2.45) is 0 Å². The van der Waals surface area contributed by atoms with E-state index in [0.717, 1.165) is 21.9 Å². The molecule has 29 heavy (non-hydrogen) atoms. The van der Waals surface area contributed by atoms with Crippen LogP contribution in [0.3, 0.4) is 0 Å². The number of nitrogens with one attached hydrogen (secondary N) is 1. The maximum Gasteiger partial charge on any atom is 0.230 e. The lowest BCUT2D eigenvalue weighted by Gasteiger charge is -2.11. The van der Waals surface area contributed by atoms with Gasteiger partial charge in [0.05, 0.1) is 32.0 Å². The van der Waals surface area contributed by atoms with Gasteiger partial charge in [-0.3, -0.25) is 9.20 Å². The molecule has 2 aromatic carbocycles. The van der Waals surface area contributed by atoms with E-state index < -0.39 is 0 Å². The molecule has 0 aliphatic carbocycles. The second kappa shape index (κ2) is 8.14. The molecule has 148 valence electrons. The van der Waals surface area contributed by atoms with Gasteiger partial charge in [-0.1, -0.05) is 23.7 Å². The number of fused-ring (bicyclic) bond motifs is 1. The number of hydrogen-bond acceptors (Lipinski definition) is 5. The molecule has 0 atom stereocenters. The molecule has 0 saturated heterocycles. The predicted octanol–water partition coefficient (Wildman–Crippen LogP) is 4.91. The molecule has 1 amide bonds. The summed E-state index contributed by atoms with van der Waals surface area (Å²) in [5.41, 5.74) is 3.27. The Kier molecular flexibility index (Phi) is 5.42. The van der Waals surface area contributed by atoms with E-state index in [2.05, 4.69) is 10.3 Å². The van der Waals surface area contributed by atoms with Gasteiger partial charge in [0.1, 0.15) is 11.5 Å². The van der Waals surface area contributed by atoms with Crippen LogP contribution < -0.4 is 14.8 Å². The van der Waals surface area contributed by atoms with E-state index in [1.54, 1.807) is 32.4 Å². The van der Waals surface area contributed by atoms with Crippen LogP contribution in [0, 0.1) is 0 Å². The molecule has 0 spiro atoms. The fourth-order valence-corrected chi connectivity index (χ4v) is 3.98. The molecule has 0 fully saturated rings. The van der Waals surface area contributed by atoms with Crippen molar-refractivity contribution in [3.63, 3.8) is 0 Å². The Morgan fingerprint density at radius 2 is 1.97 bits per heavy atom. The molecule has 0 saturated carbocycles. The lowest BCUT2D eigenvalue weighted by Crippen LogP contribution is -2.15. The summed E-state index contributed by atoms with van der Waals surface area (Å²) in [5, 5.41) is 5.52. The average Bonchev–Trinajstić information content (AvgIpc) is 3.31. The van der Waals surface area contributed by atoms with Crippen molar-refractivity contribution < 1.29 is 14.3 Å². The number of benzene rings is 2. The number of anilines is 1. The molecule has 0 radical (unpaired) electrons. The van der Waals surface area contributed by atoms with E-state index in [4.69, 9.17) is 21.1 Å². The Balaban J connectivity index is 1.53. The summed E-state index contributed by atoms with van der Waals surface area (Å²) in [4.78, 5) is 18.1. The van der Waals surface area contributed by atoms with Crippen LogP contribution in [0.1, 0.15) is 5.69 Å². The van der Waals surface area contributed by atoms with Gasteiger partial charge in [0.15, 0.2) is 4.96 Å². The van der Waals surface area contributed by atoms with Crippen LogP contribution in [-0.2, 0) is 11.2 Å². The Morgan fingerprint density at radius 3 is 2.69 bits per heavy atom. The second-order valence-electron chi connectivity index (χ2n) is 6.30. The van der Waals surface area contributed by atoms with Gasteiger partial charge < -0.3 is 14.8 Å². The predicted molar refractivity (Wildman–Crippen MR) is 115 cm³/mol. The zero-order valence-corrected chi connectivity index (χ0v) is 17.4. The molecule has 2 heterocycles. The van der Waals surface area contributed by atoms with Crippen molar-refractivity contribution in [1.29, 1.82) is 0 Å². The lowest BCUT2D eigenvalue weighted by molar-refractivity contribution is -0.115. The first-order chi connectivity index (χ1) is 14.1. The number of thiazole rings is 1. The Bertz CT molecular complexity index is 1170. The molecule has 6 nitrogen and oxygen atoms in total. The zero-order valence-electron chi connectivity index (χ0n) is 15.8. The van der Waals surface area contributed by atoms with Gasteiger partial charge in [0.2, 0.25) is 5.91 Å². The van der Waals surface area contributed by atoms with E-state index in [1.807, 2.05) is 40.2 Å². The van der Waals surface area contributed by atoms with Crippen LogP contribution in [0.4, 0.5) is 5.69 Å². The number of amides is 1. The smallest absolute Gasteiger partial charge is 0.230 e. The minimum Gasteiger partial charge on any atom is -0.497 e. The largest absolute Gasteiger partial charge is 0.497 e. The Labute approximate surface area is 176 Å². The maximum absolute atomic E-state index is 12.6. The van der Waals surface area contributed by atoms with Gasteiger partial charge in [-0.05, 0) is 24.3 Å². The third-order valence-electron chi connectivity index (χ3n) is 4.45. The highest BCUT2D eigenvalue weighted by atomic mass is 35.5. The molecular weight excluding hydrogens is 410 g/mol. The number of carbonyl (C=O) groups is 1. The standard InChI is InChI=1S/C21H18ClN3O3S/c1-27-16-7-8-17(19(10-16)28-2)23-20(26)9-15-12-29-21-24-18(11-25(15)21)13-3-5-14(22)6-4-13/h3-8,10-12H,9H2,1-2H3,(H,23,26). The quantitative estimate of drug-likeness (QED) is 0.474. The molecule has 0 aliphatic rings. The summed E-state index contributed by atoms with van der Waals surface area (Å²) in [6, 6.07) is 12.8. The van der Waals surface area contributed by atoms with Crippen molar-refractivity contribution in [1.82, 2.24) is 9.38 Å². The number of aromatic nitrogens is 2. The number of carbonyl (C=O) groups excluding carboxylic acids is 1. The summed E-state index contributed by atoms with van der Waals surface area (Å²) in [6.07, 6.45) is 2.15. The minimum absolute atomic E-state index is 0.144. The lowest BCUT2D eigenvalue weighted by atomic mass is 10.2. The average molecular weight is 428 g/mol. The molecule has 4 rings (SSSR count). The van der Waals surface area contributed by atoms with Crippen molar-refractivity contribution in [3.05, 3.63) is 64.8 Å². The molecule has 1 N–H and O–H groups in total. The van der Waals surface area contributed by atoms with Crippen LogP contribution in [0.15, 0.2) is 54.0 Å². The number of imidazole rings is 1. The number of rotatable bonds is 6. The first-order valence-corrected chi connectivity index (χ1v) is 10.1. The molecule has 0 aliphatic heterocycles. The van der Waals surface area contributed by atoms with Crippen molar-refractivity contribution in [2.75, 3.05) is 19.5 Å². The molecule has 8 heteroatoms. The monoisotopic (exact) mass is 427 g/mol. The SMILES string of the molecule is COc1ccc(NC(=O)Cc2csc3nc(-c4ccc(Cl)cc4)cn23)c(OC)c1. The maximum atomic E-state index is 12.6. The molecule has 0 bridgehead atoms. The topological polar surface area (TPSA) is 64.9 Å². The third kappa shape index (κ3) is 4.06. The van der Waals surface area contributed by atoms with Crippen LogP contribution >= 0.6 is 22.9 Å². The van der Waals surface area contributed by atoms with Gasteiger partial charge in [-0.25, -0.2) is 4.98 Å². The van der Waals surface area contributed by atoms with Gasteiger partial charge in [0.25, 0.3) is 0 Å². The Hall–Kier alpha value is -3.03. The van der Waals surface area contributed by atoms with Gasteiger partial charge in [-0.15, -0.1) is 11.3 Å². The van der Waals surface area contributed by atoms with Crippen LogP contribution in [0.2, 0.25) is 5.02 Å². The number of nitrogens with zero attached hydrogens (tertiary/aromatic N) is 2. The summed E-state index contributed by atoms with van der Waals surface area (Å²) >= 11 is 7.46.